The molecule has 0 saturated heterocycles. The van der Waals surface area contributed by atoms with Crippen molar-refractivity contribution >= 4 is 0 Å². The van der Waals surface area contributed by atoms with Gasteiger partial charge in [-0.3, -0.25) is 0 Å². The van der Waals surface area contributed by atoms with Gasteiger partial charge in [0.25, 0.3) is 0 Å². The molecule has 90 valence electrons. The highest BCUT2D eigenvalue weighted by atomic mass is 19.4. The van der Waals surface area contributed by atoms with Crippen LogP contribution in [0.3, 0.4) is 0 Å². The van der Waals surface area contributed by atoms with E-state index in [1.807, 2.05) is 6.92 Å². The van der Waals surface area contributed by atoms with Crippen LogP contribution in [0.2, 0.25) is 0 Å². The first-order chi connectivity index (χ1) is 7.54. The lowest BCUT2D eigenvalue weighted by molar-refractivity contribution is -0.141. The maximum atomic E-state index is 12.7. The number of alkyl halides is 3. The SMILES string of the molecule is CCCc1nc(C(F)(F)F)c2n1CCNC2. The van der Waals surface area contributed by atoms with Crippen LogP contribution in [0, 0.1) is 0 Å². The lowest BCUT2D eigenvalue weighted by atomic mass is 10.2. The monoisotopic (exact) mass is 233 g/mol. The molecule has 2 heterocycles. The maximum Gasteiger partial charge on any atom is 0.435 e. The standard InChI is InChI=1S/C10H14F3N3/c1-2-3-8-15-9(10(11,12)13)7-6-14-4-5-16(7)8/h14H,2-6H2,1H3. The predicted molar refractivity (Wildman–Crippen MR) is 52.9 cm³/mol. The third-order valence-electron chi connectivity index (χ3n) is 2.70. The molecule has 0 saturated carbocycles. The number of hydrogen-bond donors (Lipinski definition) is 1. The summed E-state index contributed by atoms with van der Waals surface area (Å²) in [5, 5.41) is 2.95. The van der Waals surface area contributed by atoms with Gasteiger partial charge in [-0.05, 0) is 6.42 Å². The van der Waals surface area contributed by atoms with Crippen molar-refractivity contribution in [1.29, 1.82) is 0 Å². The van der Waals surface area contributed by atoms with Crippen molar-refractivity contribution in [3.05, 3.63) is 17.2 Å². The summed E-state index contributed by atoms with van der Waals surface area (Å²) < 4.78 is 39.9. The zero-order valence-corrected chi connectivity index (χ0v) is 9.06. The summed E-state index contributed by atoms with van der Waals surface area (Å²) >= 11 is 0. The van der Waals surface area contributed by atoms with Gasteiger partial charge in [0, 0.05) is 26.1 Å². The van der Waals surface area contributed by atoms with Gasteiger partial charge >= 0.3 is 6.18 Å². The summed E-state index contributed by atoms with van der Waals surface area (Å²) in [5.74, 6) is 0.561. The van der Waals surface area contributed by atoms with E-state index in [9.17, 15) is 13.2 Å². The van der Waals surface area contributed by atoms with Crippen molar-refractivity contribution in [2.75, 3.05) is 6.54 Å². The first kappa shape index (κ1) is 11.4. The van der Waals surface area contributed by atoms with Crippen molar-refractivity contribution in [2.45, 2.75) is 39.0 Å². The largest absolute Gasteiger partial charge is 0.435 e. The molecule has 0 atom stereocenters. The minimum Gasteiger partial charge on any atom is -0.329 e. The average Bonchev–Trinajstić information content (AvgIpc) is 2.58. The molecule has 0 aromatic carbocycles. The van der Waals surface area contributed by atoms with E-state index in [0.29, 0.717) is 25.3 Å². The molecule has 0 spiro atoms. The van der Waals surface area contributed by atoms with Crippen LogP contribution in [0.25, 0.3) is 0 Å². The fraction of sp³-hybridized carbons (Fsp3) is 0.700. The third-order valence-corrected chi connectivity index (χ3v) is 2.70. The van der Waals surface area contributed by atoms with E-state index in [1.165, 1.54) is 0 Å². The summed E-state index contributed by atoms with van der Waals surface area (Å²) in [7, 11) is 0. The van der Waals surface area contributed by atoms with E-state index in [-0.39, 0.29) is 12.2 Å². The van der Waals surface area contributed by atoms with Crippen LogP contribution in [-0.4, -0.2) is 16.1 Å². The summed E-state index contributed by atoms with van der Waals surface area (Å²) in [4.78, 5) is 3.75. The normalized spacial score (nSPS) is 16.2. The number of fused-ring (bicyclic) bond motifs is 1. The molecular weight excluding hydrogens is 219 g/mol. The zero-order valence-electron chi connectivity index (χ0n) is 9.06. The van der Waals surface area contributed by atoms with E-state index in [0.717, 1.165) is 6.42 Å². The van der Waals surface area contributed by atoms with Crippen molar-refractivity contribution < 1.29 is 13.2 Å². The number of nitrogens with zero attached hydrogens (tertiary/aromatic N) is 2. The van der Waals surface area contributed by atoms with Gasteiger partial charge in [-0.15, -0.1) is 0 Å². The highest BCUT2D eigenvalue weighted by Gasteiger charge is 2.39. The second-order valence-corrected chi connectivity index (χ2v) is 3.90. The summed E-state index contributed by atoms with van der Waals surface area (Å²) in [6.45, 7) is 3.48. The van der Waals surface area contributed by atoms with Gasteiger partial charge in [0.15, 0.2) is 5.69 Å². The quantitative estimate of drug-likeness (QED) is 0.846. The molecule has 0 fully saturated rings. The Bertz CT molecular complexity index is 381. The van der Waals surface area contributed by atoms with Crippen LogP contribution in [0.1, 0.15) is 30.6 Å². The van der Waals surface area contributed by atoms with Crippen LogP contribution < -0.4 is 5.32 Å². The molecule has 1 aliphatic heterocycles. The van der Waals surface area contributed by atoms with Gasteiger partial charge in [-0.1, -0.05) is 6.92 Å². The number of aromatic nitrogens is 2. The number of rotatable bonds is 2. The van der Waals surface area contributed by atoms with Gasteiger partial charge in [0.1, 0.15) is 5.82 Å². The van der Waals surface area contributed by atoms with E-state index in [2.05, 4.69) is 10.3 Å². The number of hydrogen-bond acceptors (Lipinski definition) is 2. The molecule has 0 unspecified atom stereocenters. The van der Waals surface area contributed by atoms with Crippen LogP contribution in [0.5, 0.6) is 0 Å². The summed E-state index contributed by atoms with van der Waals surface area (Å²) in [6, 6.07) is 0. The van der Waals surface area contributed by atoms with Crippen molar-refractivity contribution in [3.8, 4) is 0 Å². The van der Waals surface area contributed by atoms with Crippen molar-refractivity contribution in [2.24, 2.45) is 0 Å². The van der Waals surface area contributed by atoms with Crippen LogP contribution in [0.15, 0.2) is 0 Å². The fourth-order valence-corrected chi connectivity index (χ4v) is 2.02. The minimum atomic E-state index is -4.35. The zero-order chi connectivity index (χ0) is 11.8. The van der Waals surface area contributed by atoms with Crippen molar-refractivity contribution in [1.82, 2.24) is 14.9 Å². The first-order valence-electron chi connectivity index (χ1n) is 5.40. The Morgan fingerprint density at radius 1 is 1.44 bits per heavy atom. The molecule has 0 bridgehead atoms. The molecule has 6 heteroatoms. The molecule has 0 radical (unpaired) electrons. The molecule has 1 aliphatic rings. The van der Waals surface area contributed by atoms with Crippen LogP contribution >= 0.6 is 0 Å². The average molecular weight is 233 g/mol. The van der Waals surface area contributed by atoms with Crippen LogP contribution in [-0.2, 0) is 25.7 Å². The van der Waals surface area contributed by atoms with Gasteiger partial charge < -0.3 is 9.88 Å². The second kappa shape index (κ2) is 4.08. The number of aryl methyl sites for hydroxylation is 1. The summed E-state index contributed by atoms with van der Waals surface area (Å²) in [5.41, 5.74) is -0.439. The Labute approximate surface area is 91.7 Å². The van der Waals surface area contributed by atoms with Crippen LogP contribution in [0.4, 0.5) is 13.2 Å². The van der Waals surface area contributed by atoms with Gasteiger partial charge in [-0.2, -0.15) is 13.2 Å². The summed E-state index contributed by atoms with van der Waals surface area (Å²) in [6.07, 6.45) is -2.94. The van der Waals surface area contributed by atoms with E-state index < -0.39 is 11.9 Å². The maximum absolute atomic E-state index is 12.7. The lowest BCUT2D eigenvalue weighted by Gasteiger charge is -2.18. The minimum absolute atomic E-state index is 0.256. The number of imidazole rings is 1. The molecule has 1 N–H and O–H groups in total. The Balaban J connectivity index is 2.46. The highest BCUT2D eigenvalue weighted by Crippen LogP contribution is 2.32. The molecule has 0 aliphatic carbocycles. The van der Waals surface area contributed by atoms with Gasteiger partial charge in [0.05, 0.1) is 5.69 Å². The third kappa shape index (κ3) is 1.93. The molecule has 2 rings (SSSR count). The lowest BCUT2D eigenvalue weighted by Crippen LogP contribution is -2.30. The Morgan fingerprint density at radius 3 is 2.81 bits per heavy atom. The van der Waals surface area contributed by atoms with E-state index in [1.54, 1.807) is 4.57 Å². The molecule has 16 heavy (non-hydrogen) atoms. The fourth-order valence-electron chi connectivity index (χ4n) is 2.02. The Hall–Kier alpha value is -1.04. The molecular formula is C10H14F3N3. The highest BCUT2D eigenvalue weighted by molar-refractivity contribution is 5.22. The number of halogens is 3. The number of nitrogens with one attached hydrogen (secondary N) is 1. The Kier molecular flexibility index (Phi) is 2.92. The van der Waals surface area contributed by atoms with Gasteiger partial charge in [-0.25, -0.2) is 4.98 Å². The first-order valence-corrected chi connectivity index (χ1v) is 5.40. The second-order valence-electron chi connectivity index (χ2n) is 3.90. The van der Waals surface area contributed by atoms with Crippen molar-refractivity contribution in [3.63, 3.8) is 0 Å². The van der Waals surface area contributed by atoms with E-state index in [4.69, 9.17) is 0 Å². The molecule has 1 aromatic heterocycles. The smallest absolute Gasteiger partial charge is 0.329 e. The molecule has 0 amide bonds. The molecule has 3 nitrogen and oxygen atoms in total. The predicted octanol–water partition coefficient (Wildman–Crippen LogP) is 1.96. The van der Waals surface area contributed by atoms with Gasteiger partial charge in [0.2, 0.25) is 0 Å². The Morgan fingerprint density at radius 2 is 2.19 bits per heavy atom. The molecule has 1 aromatic rings. The van der Waals surface area contributed by atoms with E-state index >= 15 is 0 Å². The topological polar surface area (TPSA) is 29.9 Å².